The predicted octanol–water partition coefficient (Wildman–Crippen LogP) is 3.49. The zero-order valence-corrected chi connectivity index (χ0v) is 24.9. The maximum atomic E-state index is 14.2. The standard InChI is InChI=1S/C30H25N9O2.CH4S/c1-18(34-29(40)25-26(31)36-38-16-8-15-32-28(25)38)27-35-23-12-7-9-20(13-14-21-17-33-37(3)19(21)2)24(23)30(41)39(27)22-10-5-4-6-11-22;1-2/h4-12,15-18H,1-3H3,(H2,31,36)(H,34,40);2H,1H3. The van der Waals surface area contributed by atoms with Crippen molar-refractivity contribution in [2.75, 3.05) is 12.0 Å². The van der Waals surface area contributed by atoms with Crippen molar-refractivity contribution in [2.45, 2.75) is 19.9 Å². The number of nitrogens with two attached hydrogens (primary N) is 1. The summed E-state index contributed by atoms with van der Waals surface area (Å²) < 4.78 is 4.69. The number of aryl methyl sites for hydroxylation is 1. The Morgan fingerprint density at radius 1 is 1.05 bits per heavy atom. The lowest BCUT2D eigenvalue weighted by atomic mass is 10.1. The summed E-state index contributed by atoms with van der Waals surface area (Å²) in [6, 6.07) is 15.5. The van der Waals surface area contributed by atoms with Gasteiger partial charge in [0.15, 0.2) is 11.5 Å². The highest BCUT2D eigenvalue weighted by molar-refractivity contribution is 7.79. The van der Waals surface area contributed by atoms with Gasteiger partial charge in [-0.05, 0) is 50.4 Å². The Morgan fingerprint density at radius 2 is 1.79 bits per heavy atom. The molecule has 6 rings (SSSR count). The van der Waals surface area contributed by atoms with Crippen LogP contribution in [0, 0.1) is 18.8 Å². The lowest BCUT2D eigenvalue weighted by Crippen LogP contribution is -2.33. The number of nitrogen functional groups attached to an aromatic ring is 1. The van der Waals surface area contributed by atoms with Gasteiger partial charge in [-0.25, -0.2) is 14.5 Å². The minimum Gasteiger partial charge on any atom is -0.381 e. The number of rotatable bonds is 4. The lowest BCUT2D eigenvalue weighted by Gasteiger charge is -2.20. The van der Waals surface area contributed by atoms with Crippen LogP contribution in [-0.4, -0.2) is 46.1 Å². The maximum Gasteiger partial charge on any atom is 0.267 e. The molecule has 11 nitrogen and oxygen atoms in total. The van der Waals surface area contributed by atoms with Crippen LogP contribution in [0.4, 0.5) is 5.82 Å². The Morgan fingerprint density at radius 3 is 2.51 bits per heavy atom. The summed E-state index contributed by atoms with van der Waals surface area (Å²) in [5, 5.41) is 11.7. The van der Waals surface area contributed by atoms with Crippen LogP contribution in [0.1, 0.15) is 46.0 Å². The van der Waals surface area contributed by atoms with Crippen LogP contribution in [0.15, 0.2) is 78.0 Å². The van der Waals surface area contributed by atoms with Crippen molar-refractivity contribution in [3.8, 4) is 17.5 Å². The number of fused-ring (bicyclic) bond motifs is 2. The normalized spacial score (nSPS) is 11.4. The number of amides is 1. The molecule has 0 radical (unpaired) electrons. The van der Waals surface area contributed by atoms with Gasteiger partial charge in [-0.1, -0.05) is 36.1 Å². The monoisotopic (exact) mass is 591 g/mol. The molecular weight excluding hydrogens is 562 g/mol. The average molecular weight is 592 g/mol. The molecule has 1 atom stereocenters. The first-order valence-corrected chi connectivity index (χ1v) is 14.2. The minimum atomic E-state index is -0.689. The van der Waals surface area contributed by atoms with E-state index in [1.165, 1.54) is 9.08 Å². The number of thiol groups is 1. The molecule has 0 aliphatic heterocycles. The maximum absolute atomic E-state index is 14.2. The van der Waals surface area contributed by atoms with Crippen LogP contribution in [0.25, 0.3) is 22.2 Å². The second-order valence-electron chi connectivity index (χ2n) is 9.51. The molecule has 0 saturated heterocycles. The van der Waals surface area contributed by atoms with E-state index in [1.54, 1.807) is 60.7 Å². The van der Waals surface area contributed by atoms with E-state index in [1.807, 2.05) is 44.3 Å². The van der Waals surface area contributed by atoms with Crippen LogP contribution in [0.3, 0.4) is 0 Å². The van der Waals surface area contributed by atoms with Crippen molar-refractivity contribution in [3.05, 3.63) is 112 Å². The number of nitrogens with one attached hydrogen (secondary N) is 1. The zero-order valence-electron chi connectivity index (χ0n) is 24.0. The Kier molecular flexibility index (Phi) is 8.27. The zero-order chi connectivity index (χ0) is 30.7. The Hall–Kier alpha value is -5.41. The van der Waals surface area contributed by atoms with Crippen molar-refractivity contribution in [2.24, 2.45) is 7.05 Å². The van der Waals surface area contributed by atoms with E-state index < -0.39 is 11.9 Å². The van der Waals surface area contributed by atoms with E-state index in [4.69, 9.17) is 10.7 Å². The summed E-state index contributed by atoms with van der Waals surface area (Å²) in [7, 11) is 1.85. The molecule has 6 aromatic rings. The van der Waals surface area contributed by atoms with Gasteiger partial charge in [-0.3, -0.25) is 18.8 Å². The number of benzene rings is 2. The first-order chi connectivity index (χ1) is 20.8. The van der Waals surface area contributed by atoms with Crippen molar-refractivity contribution < 1.29 is 4.79 Å². The van der Waals surface area contributed by atoms with Gasteiger partial charge in [0.2, 0.25) is 0 Å². The molecule has 12 heteroatoms. The van der Waals surface area contributed by atoms with Gasteiger partial charge in [0, 0.05) is 25.0 Å². The topological polar surface area (TPSA) is 138 Å². The molecule has 4 aromatic heterocycles. The van der Waals surface area contributed by atoms with E-state index in [-0.39, 0.29) is 16.9 Å². The van der Waals surface area contributed by atoms with Crippen LogP contribution in [-0.2, 0) is 7.05 Å². The molecule has 216 valence electrons. The quantitative estimate of drug-likeness (QED) is 0.211. The van der Waals surface area contributed by atoms with Crippen LogP contribution >= 0.6 is 12.6 Å². The predicted molar refractivity (Wildman–Crippen MR) is 169 cm³/mol. The van der Waals surface area contributed by atoms with E-state index in [0.717, 1.165) is 11.3 Å². The first kappa shape index (κ1) is 29.1. The van der Waals surface area contributed by atoms with Gasteiger partial charge in [0.05, 0.1) is 40.1 Å². The third kappa shape index (κ3) is 5.45. The number of carbonyl (C=O) groups excluding carboxylic acids is 1. The summed E-state index contributed by atoms with van der Waals surface area (Å²) in [6.45, 7) is 3.69. The molecular formula is C31H29N9O2S. The van der Waals surface area contributed by atoms with Crippen LogP contribution in [0.2, 0.25) is 0 Å². The molecule has 1 amide bonds. The van der Waals surface area contributed by atoms with Crippen LogP contribution < -0.4 is 16.6 Å². The van der Waals surface area contributed by atoms with Crippen molar-refractivity contribution in [1.29, 1.82) is 0 Å². The summed E-state index contributed by atoms with van der Waals surface area (Å²) in [5.74, 6) is 6.19. The van der Waals surface area contributed by atoms with Gasteiger partial charge >= 0.3 is 0 Å². The summed E-state index contributed by atoms with van der Waals surface area (Å²) in [6.07, 6.45) is 6.61. The number of para-hydroxylation sites is 1. The van der Waals surface area contributed by atoms with Crippen molar-refractivity contribution in [1.82, 2.24) is 39.2 Å². The largest absolute Gasteiger partial charge is 0.381 e. The summed E-state index contributed by atoms with van der Waals surface area (Å²) in [5.41, 5.74) is 9.54. The van der Waals surface area contributed by atoms with Crippen molar-refractivity contribution in [3.63, 3.8) is 0 Å². The molecule has 1 unspecified atom stereocenters. The Balaban J connectivity index is 0.00000180. The van der Waals surface area contributed by atoms with Gasteiger partial charge in [-0.2, -0.15) is 17.7 Å². The molecule has 4 heterocycles. The Labute approximate surface area is 252 Å². The summed E-state index contributed by atoms with van der Waals surface area (Å²) >= 11 is 3.53. The number of nitrogens with zero attached hydrogens (tertiary/aromatic N) is 7. The molecule has 2 aromatic carbocycles. The number of hydrogen-bond donors (Lipinski definition) is 3. The van der Waals surface area contributed by atoms with Gasteiger partial charge in [0.1, 0.15) is 11.4 Å². The molecule has 0 aliphatic carbocycles. The van der Waals surface area contributed by atoms with Crippen LogP contribution in [0.5, 0.6) is 0 Å². The molecule has 0 saturated carbocycles. The Bertz CT molecular complexity index is 2090. The average Bonchev–Trinajstić information content (AvgIpc) is 3.53. The van der Waals surface area contributed by atoms with Crippen molar-refractivity contribution >= 4 is 40.9 Å². The molecule has 0 bridgehead atoms. The van der Waals surface area contributed by atoms with E-state index >= 15 is 0 Å². The lowest BCUT2D eigenvalue weighted by molar-refractivity contribution is 0.0940. The molecule has 43 heavy (non-hydrogen) atoms. The number of hydrogen-bond acceptors (Lipinski definition) is 8. The fourth-order valence-corrected chi connectivity index (χ4v) is 4.68. The fraction of sp³-hybridized carbons (Fsp3) is 0.161. The summed E-state index contributed by atoms with van der Waals surface area (Å²) in [4.78, 5) is 36.7. The van der Waals surface area contributed by atoms with Gasteiger partial charge in [-0.15, -0.1) is 5.10 Å². The van der Waals surface area contributed by atoms with E-state index in [9.17, 15) is 9.59 Å². The smallest absolute Gasteiger partial charge is 0.267 e. The van der Waals surface area contributed by atoms with E-state index in [2.05, 4.69) is 45.0 Å². The van der Waals surface area contributed by atoms with Gasteiger partial charge in [0.25, 0.3) is 11.5 Å². The highest BCUT2D eigenvalue weighted by atomic mass is 32.1. The van der Waals surface area contributed by atoms with E-state index in [0.29, 0.717) is 33.6 Å². The fourth-order valence-electron chi connectivity index (χ4n) is 4.68. The molecule has 0 spiro atoms. The third-order valence-electron chi connectivity index (χ3n) is 6.89. The molecule has 3 N–H and O–H groups in total. The van der Waals surface area contributed by atoms with Gasteiger partial charge < -0.3 is 11.1 Å². The second kappa shape index (κ2) is 12.2. The number of aromatic nitrogens is 7. The molecule has 0 fully saturated rings. The molecule has 0 aliphatic rings. The highest BCUT2D eigenvalue weighted by Crippen LogP contribution is 2.22. The highest BCUT2D eigenvalue weighted by Gasteiger charge is 2.24. The second-order valence-corrected chi connectivity index (χ2v) is 9.51. The third-order valence-corrected chi connectivity index (χ3v) is 6.89. The SMILES string of the molecule is CS.Cc1c(C#Cc2cccc3nc(C(C)NC(=O)c4c(N)nn5cccnc45)n(-c4ccccc4)c(=O)c23)cnn1C. The minimum absolute atomic E-state index is 0.0485. The number of anilines is 1. The number of carbonyl (C=O) groups is 1. The first-order valence-electron chi connectivity index (χ1n) is 13.3.